The lowest BCUT2D eigenvalue weighted by Gasteiger charge is -2.27. The van der Waals surface area contributed by atoms with Crippen molar-refractivity contribution in [2.75, 3.05) is 0 Å². The Kier molecular flexibility index (Phi) is 4.13. The van der Waals surface area contributed by atoms with Crippen LogP contribution in [0.1, 0.15) is 48.7 Å². The summed E-state index contributed by atoms with van der Waals surface area (Å²) < 4.78 is 16.8. The fourth-order valence-corrected chi connectivity index (χ4v) is 3.46. The van der Waals surface area contributed by atoms with E-state index in [4.69, 9.17) is 0 Å². The SMILES string of the molecule is CC(NC1CCCc2c1cnn2C)c1ccc(Br)cc1F. The number of halogens is 2. The summed E-state index contributed by atoms with van der Waals surface area (Å²) in [6.45, 7) is 2.01. The predicted octanol–water partition coefficient (Wildman–Crippen LogP) is 4.05. The van der Waals surface area contributed by atoms with Crippen LogP contribution in [0.3, 0.4) is 0 Å². The van der Waals surface area contributed by atoms with Gasteiger partial charge < -0.3 is 5.32 Å². The Bertz CT molecular complexity index is 653. The van der Waals surface area contributed by atoms with Crippen molar-refractivity contribution < 1.29 is 4.39 Å². The number of hydrogen-bond acceptors (Lipinski definition) is 2. The van der Waals surface area contributed by atoms with E-state index in [0.29, 0.717) is 5.56 Å². The largest absolute Gasteiger partial charge is 0.303 e. The van der Waals surface area contributed by atoms with Crippen LogP contribution in [0.4, 0.5) is 4.39 Å². The van der Waals surface area contributed by atoms with Crippen LogP contribution in [-0.2, 0) is 13.5 Å². The van der Waals surface area contributed by atoms with Gasteiger partial charge >= 0.3 is 0 Å². The van der Waals surface area contributed by atoms with Gasteiger partial charge in [-0.15, -0.1) is 0 Å². The van der Waals surface area contributed by atoms with Gasteiger partial charge in [-0.05, 0) is 38.3 Å². The first kappa shape index (κ1) is 14.7. The highest BCUT2D eigenvalue weighted by atomic mass is 79.9. The normalized spacial score (nSPS) is 19.3. The van der Waals surface area contributed by atoms with E-state index in [0.717, 1.165) is 23.7 Å². The monoisotopic (exact) mass is 351 g/mol. The molecule has 2 atom stereocenters. The van der Waals surface area contributed by atoms with E-state index in [9.17, 15) is 4.39 Å². The molecule has 0 amide bonds. The molecule has 3 nitrogen and oxygen atoms in total. The van der Waals surface area contributed by atoms with Crippen molar-refractivity contribution in [3.63, 3.8) is 0 Å². The Morgan fingerprint density at radius 2 is 2.29 bits per heavy atom. The molecule has 0 aliphatic heterocycles. The van der Waals surface area contributed by atoms with Crippen molar-refractivity contribution in [3.05, 3.63) is 51.5 Å². The number of hydrogen-bond donors (Lipinski definition) is 1. The second-order valence-corrected chi connectivity index (χ2v) is 6.58. The van der Waals surface area contributed by atoms with Gasteiger partial charge in [-0.1, -0.05) is 22.0 Å². The van der Waals surface area contributed by atoms with E-state index in [1.807, 2.05) is 37.0 Å². The molecule has 1 heterocycles. The van der Waals surface area contributed by atoms with Gasteiger partial charge in [0, 0.05) is 40.4 Å². The molecule has 0 saturated carbocycles. The summed E-state index contributed by atoms with van der Waals surface area (Å²) in [5.74, 6) is -0.174. The number of benzene rings is 1. The van der Waals surface area contributed by atoms with Crippen molar-refractivity contribution in [1.29, 1.82) is 0 Å². The van der Waals surface area contributed by atoms with Crippen LogP contribution >= 0.6 is 15.9 Å². The van der Waals surface area contributed by atoms with Crippen LogP contribution in [-0.4, -0.2) is 9.78 Å². The summed E-state index contributed by atoms with van der Waals surface area (Å²) in [6, 6.07) is 5.45. The van der Waals surface area contributed by atoms with E-state index in [2.05, 4.69) is 26.3 Å². The molecule has 1 aliphatic carbocycles. The van der Waals surface area contributed by atoms with E-state index >= 15 is 0 Å². The minimum absolute atomic E-state index is 0.0331. The first-order valence-corrected chi connectivity index (χ1v) is 8.07. The third-order valence-corrected chi connectivity index (χ3v) is 4.75. The molecule has 1 N–H and O–H groups in total. The van der Waals surface area contributed by atoms with Gasteiger partial charge in [0.15, 0.2) is 0 Å². The highest BCUT2D eigenvalue weighted by Crippen LogP contribution is 2.32. The van der Waals surface area contributed by atoms with Crippen molar-refractivity contribution in [2.45, 2.75) is 38.3 Å². The van der Waals surface area contributed by atoms with Crippen LogP contribution in [0, 0.1) is 5.82 Å². The smallest absolute Gasteiger partial charge is 0.129 e. The zero-order valence-corrected chi connectivity index (χ0v) is 13.8. The lowest BCUT2D eigenvalue weighted by Crippen LogP contribution is -2.28. The number of rotatable bonds is 3. The fourth-order valence-electron chi connectivity index (χ4n) is 3.12. The minimum atomic E-state index is -0.174. The number of nitrogens with one attached hydrogen (secondary N) is 1. The Hall–Kier alpha value is -1.20. The lowest BCUT2D eigenvalue weighted by molar-refractivity contribution is 0.403. The van der Waals surface area contributed by atoms with Crippen molar-refractivity contribution >= 4 is 15.9 Å². The van der Waals surface area contributed by atoms with Gasteiger partial charge in [0.25, 0.3) is 0 Å². The second kappa shape index (κ2) is 5.89. The molecule has 21 heavy (non-hydrogen) atoms. The first-order valence-electron chi connectivity index (χ1n) is 7.28. The number of nitrogens with zero attached hydrogens (tertiary/aromatic N) is 2. The summed E-state index contributed by atoms with van der Waals surface area (Å²) in [5.41, 5.74) is 3.25. The summed E-state index contributed by atoms with van der Waals surface area (Å²) in [5, 5.41) is 7.91. The maximum absolute atomic E-state index is 14.1. The van der Waals surface area contributed by atoms with Crippen molar-refractivity contribution in [3.8, 4) is 0 Å². The second-order valence-electron chi connectivity index (χ2n) is 5.67. The summed E-state index contributed by atoms with van der Waals surface area (Å²) >= 11 is 3.30. The van der Waals surface area contributed by atoms with Gasteiger partial charge in [-0.25, -0.2) is 4.39 Å². The molecule has 0 spiro atoms. The molecule has 2 aromatic rings. The summed E-state index contributed by atoms with van der Waals surface area (Å²) in [6.07, 6.45) is 5.22. The molecule has 0 saturated heterocycles. The molecule has 0 bridgehead atoms. The third kappa shape index (κ3) is 2.90. The Balaban J connectivity index is 1.81. The molecule has 3 rings (SSSR count). The minimum Gasteiger partial charge on any atom is -0.303 e. The average Bonchev–Trinajstić information content (AvgIpc) is 2.81. The quantitative estimate of drug-likeness (QED) is 0.903. The number of aryl methyl sites for hydroxylation is 1. The molecule has 5 heteroatoms. The highest BCUT2D eigenvalue weighted by Gasteiger charge is 2.25. The van der Waals surface area contributed by atoms with Gasteiger partial charge in [0.2, 0.25) is 0 Å². The van der Waals surface area contributed by atoms with Gasteiger partial charge in [0.1, 0.15) is 5.82 Å². The van der Waals surface area contributed by atoms with Crippen molar-refractivity contribution in [2.24, 2.45) is 7.05 Å². The fraction of sp³-hybridized carbons (Fsp3) is 0.438. The molecule has 112 valence electrons. The van der Waals surface area contributed by atoms with Crippen LogP contribution in [0.5, 0.6) is 0 Å². The van der Waals surface area contributed by atoms with E-state index in [-0.39, 0.29) is 17.9 Å². The maximum atomic E-state index is 14.1. The molecular formula is C16H19BrFN3. The first-order chi connectivity index (χ1) is 10.1. The Morgan fingerprint density at radius 1 is 1.48 bits per heavy atom. The zero-order chi connectivity index (χ0) is 15.0. The summed E-state index contributed by atoms with van der Waals surface area (Å²) in [4.78, 5) is 0. The van der Waals surface area contributed by atoms with E-state index in [1.165, 1.54) is 17.3 Å². The summed E-state index contributed by atoms with van der Waals surface area (Å²) in [7, 11) is 1.99. The molecule has 2 unspecified atom stereocenters. The van der Waals surface area contributed by atoms with E-state index < -0.39 is 0 Å². The predicted molar refractivity (Wildman–Crippen MR) is 84.5 cm³/mol. The Labute approximate surface area is 132 Å². The molecule has 1 aromatic carbocycles. The number of aromatic nitrogens is 2. The lowest BCUT2D eigenvalue weighted by atomic mass is 9.92. The topological polar surface area (TPSA) is 29.9 Å². The van der Waals surface area contributed by atoms with Crippen LogP contribution < -0.4 is 5.32 Å². The highest BCUT2D eigenvalue weighted by molar-refractivity contribution is 9.10. The standard InChI is InChI=1S/C16H19BrFN3/c1-10(12-7-6-11(17)8-14(12)18)20-15-4-3-5-16-13(15)9-19-21(16)2/h6-10,15,20H,3-5H2,1-2H3. The third-order valence-electron chi connectivity index (χ3n) is 4.26. The number of fused-ring (bicyclic) bond motifs is 1. The van der Waals surface area contributed by atoms with E-state index in [1.54, 1.807) is 0 Å². The van der Waals surface area contributed by atoms with Gasteiger partial charge in [-0.2, -0.15) is 5.10 Å². The molecule has 1 aliphatic rings. The van der Waals surface area contributed by atoms with Crippen LogP contribution in [0.25, 0.3) is 0 Å². The van der Waals surface area contributed by atoms with Gasteiger partial charge in [-0.3, -0.25) is 4.68 Å². The molecule has 0 radical (unpaired) electrons. The van der Waals surface area contributed by atoms with Crippen LogP contribution in [0.2, 0.25) is 0 Å². The van der Waals surface area contributed by atoms with Crippen molar-refractivity contribution in [1.82, 2.24) is 15.1 Å². The zero-order valence-electron chi connectivity index (χ0n) is 12.2. The maximum Gasteiger partial charge on any atom is 0.129 e. The Morgan fingerprint density at radius 3 is 3.05 bits per heavy atom. The van der Waals surface area contributed by atoms with Crippen LogP contribution in [0.15, 0.2) is 28.9 Å². The molecule has 1 aromatic heterocycles. The molecule has 0 fully saturated rings. The molecular weight excluding hydrogens is 333 g/mol. The van der Waals surface area contributed by atoms with Gasteiger partial charge in [0.05, 0.1) is 6.20 Å². The average molecular weight is 352 g/mol.